The van der Waals surface area contributed by atoms with Gasteiger partial charge in [0.05, 0.1) is 7.11 Å². The van der Waals surface area contributed by atoms with Crippen LogP contribution in [0.15, 0.2) is 18.2 Å². The van der Waals surface area contributed by atoms with Crippen LogP contribution < -0.4 is 10.1 Å². The zero-order valence-corrected chi connectivity index (χ0v) is 17.9. The van der Waals surface area contributed by atoms with Crippen molar-refractivity contribution in [3.05, 3.63) is 29.3 Å². The summed E-state index contributed by atoms with van der Waals surface area (Å²) in [7, 11) is 1.59. The third-order valence-electron chi connectivity index (χ3n) is 6.11. The molecule has 1 aromatic carbocycles. The maximum atomic E-state index is 13.3. The molecule has 0 radical (unpaired) electrons. The van der Waals surface area contributed by atoms with Crippen molar-refractivity contribution in [3.63, 3.8) is 0 Å². The van der Waals surface area contributed by atoms with Crippen molar-refractivity contribution in [3.8, 4) is 5.75 Å². The Bertz CT molecular complexity index is 814. The number of ether oxygens (including phenoxy) is 1. The molecule has 4 amide bonds. The fourth-order valence-corrected chi connectivity index (χ4v) is 4.65. The fourth-order valence-electron chi connectivity index (χ4n) is 4.65. The van der Waals surface area contributed by atoms with Crippen molar-refractivity contribution in [2.45, 2.75) is 46.1 Å². The summed E-state index contributed by atoms with van der Waals surface area (Å²) >= 11 is 0. The second-order valence-electron chi connectivity index (χ2n) is 8.51. The molecule has 7 heteroatoms. The Morgan fingerprint density at radius 1 is 1.24 bits per heavy atom. The van der Waals surface area contributed by atoms with Gasteiger partial charge in [-0.3, -0.25) is 14.5 Å². The number of carbonyl (C=O) groups is 3. The lowest BCUT2D eigenvalue weighted by molar-refractivity contribution is -0.140. The highest BCUT2D eigenvalue weighted by Gasteiger charge is 2.52. The normalized spacial score (nSPS) is 27.2. The Kier molecular flexibility index (Phi) is 5.87. The number of nitrogens with zero attached hydrogens (tertiary/aromatic N) is 2. The Balaban J connectivity index is 1.82. The highest BCUT2D eigenvalue weighted by atomic mass is 16.5. The molecule has 3 unspecified atom stereocenters. The van der Waals surface area contributed by atoms with Crippen LogP contribution in [-0.2, 0) is 15.1 Å². The average Bonchev–Trinajstić information content (AvgIpc) is 2.92. The lowest BCUT2D eigenvalue weighted by Gasteiger charge is -2.35. The lowest BCUT2D eigenvalue weighted by atomic mass is 9.86. The van der Waals surface area contributed by atoms with Crippen LogP contribution in [0.25, 0.3) is 0 Å². The van der Waals surface area contributed by atoms with Crippen LogP contribution in [0.4, 0.5) is 4.79 Å². The van der Waals surface area contributed by atoms with Gasteiger partial charge in [-0.15, -0.1) is 0 Å². The minimum atomic E-state index is -1.16. The second kappa shape index (κ2) is 8.05. The predicted octanol–water partition coefficient (Wildman–Crippen LogP) is 2.67. The van der Waals surface area contributed by atoms with Gasteiger partial charge >= 0.3 is 6.03 Å². The molecular formula is C22H31N3O4. The number of aryl methyl sites for hydroxylation is 1. The van der Waals surface area contributed by atoms with E-state index in [9.17, 15) is 14.4 Å². The summed E-state index contributed by atoms with van der Waals surface area (Å²) < 4.78 is 5.30. The van der Waals surface area contributed by atoms with Gasteiger partial charge in [-0.2, -0.15) is 0 Å². The maximum absolute atomic E-state index is 13.3. The molecule has 2 fully saturated rings. The minimum Gasteiger partial charge on any atom is -0.496 e. The van der Waals surface area contributed by atoms with Crippen molar-refractivity contribution in [1.29, 1.82) is 0 Å². The van der Waals surface area contributed by atoms with Crippen LogP contribution in [-0.4, -0.2) is 54.4 Å². The SMILES string of the molecule is CCC1(c2ccc(OC)c(C)c2)NC(=O)N(CC(=O)N2CC(C)CC(C)C2)C1=O. The van der Waals surface area contributed by atoms with Gasteiger partial charge in [-0.1, -0.05) is 26.8 Å². The smallest absolute Gasteiger partial charge is 0.325 e. The van der Waals surface area contributed by atoms with Crippen LogP contribution in [0.1, 0.15) is 44.7 Å². The average molecular weight is 402 g/mol. The van der Waals surface area contributed by atoms with E-state index in [1.54, 1.807) is 24.1 Å². The number of benzene rings is 1. The first-order valence-electron chi connectivity index (χ1n) is 10.3. The number of imide groups is 1. The molecule has 0 bridgehead atoms. The molecule has 2 saturated heterocycles. The molecule has 0 spiro atoms. The van der Waals surface area contributed by atoms with Crippen molar-refractivity contribution in [2.24, 2.45) is 11.8 Å². The molecule has 0 aromatic heterocycles. The number of carbonyl (C=O) groups excluding carboxylic acids is 3. The van der Waals surface area contributed by atoms with E-state index in [-0.39, 0.29) is 18.4 Å². The largest absolute Gasteiger partial charge is 0.496 e. The first-order valence-corrected chi connectivity index (χ1v) is 10.3. The first kappa shape index (κ1) is 21.1. The molecule has 3 atom stereocenters. The number of hydrogen-bond acceptors (Lipinski definition) is 4. The minimum absolute atomic E-state index is 0.176. The third-order valence-corrected chi connectivity index (χ3v) is 6.11. The van der Waals surface area contributed by atoms with Crippen molar-refractivity contribution in [2.75, 3.05) is 26.7 Å². The number of nitrogens with one attached hydrogen (secondary N) is 1. The molecule has 1 aromatic rings. The van der Waals surface area contributed by atoms with Gasteiger partial charge in [0.25, 0.3) is 5.91 Å². The lowest BCUT2D eigenvalue weighted by Crippen LogP contribution is -2.49. The first-order chi connectivity index (χ1) is 13.7. The quantitative estimate of drug-likeness (QED) is 0.770. The van der Waals surface area contributed by atoms with Crippen molar-refractivity contribution < 1.29 is 19.1 Å². The molecular weight excluding hydrogens is 370 g/mol. The van der Waals surface area contributed by atoms with E-state index in [2.05, 4.69) is 19.2 Å². The summed E-state index contributed by atoms with van der Waals surface area (Å²) in [5.41, 5.74) is 0.425. The maximum Gasteiger partial charge on any atom is 0.325 e. The van der Waals surface area contributed by atoms with E-state index in [0.29, 0.717) is 36.9 Å². The van der Waals surface area contributed by atoms with Crippen molar-refractivity contribution in [1.82, 2.24) is 15.1 Å². The van der Waals surface area contributed by atoms with Crippen LogP contribution in [0, 0.1) is 18.8 Å². The molecule has 0 saturated carbocycles. The summed E-state index contributed by atoms with van der Waals surface area (Å²) in [6.45, 7) is 9.12. The number of urea groups is 1. The van der Waals surface area contributed by atoms with E-state index >= 15 is 0 Å². The van der Waals surface area contributed by atoms with Crippen LogP contribution in [0.5, 0.6) is 5.75 Å². The molecule has 0 aliphatic carbocycles. The standard InChI is InChI=1S/C22H31N3O4/c1-6-22(17-7-8-18(29-5)16(4)10-17)20(27)25(21(28)23-22)13-19(26)24-11-14(2)9-15(3)12-24/h7-8,10,14-15H,6,9,11-13H2,1-5H3,(H,23,28). The highest BCUT2D eigenvalue weighted by molar-refractivity contribution is 6.09. The molecule has 2 aliphatic heterocycles. The Hall–Kier alpha value is -2.57. The van der Waals surface area contributed by atoms with E-state index in [4.69, 9.17) is 4.74 Å². The van der Waals surface area contributed by atoms with E-state index in [1.165, 1.54) is 0 Å². The Morgan fingerprint density at radius 2 is 1.90 bits per heavy atom. The molecule has 1 N–H and O–H groups in total. The van der Waals surface area contributed by atoms with Crippen LogP contribution in [0.3, 0.4) is 0 Å². The number of amides is 4. The summed E-state index contributed by atoms with van der Waals surface area (Å²) in [4.78, 5) is 41.7. The van der Waals surface area contributed by atoms with E-state index in [0.717, 1.165) is 22.6 Å². The summed E-state index contributed by atoms with van der Waals surface area (Å²) in [6, 6.07) is 4.94. The topological polar surface area (TPSA) is 79.0 Å². The second-order valence-corrected chi connectivity index (χ2v) is 8.51. The summed E-state index contributed by atoms with van der Waals surface area (Å²) in [5, 5.41) is 2.85. The van der Waals surface area contributed by atoms with Crippen LogP contribution >= 0.6 is 0 Å². The van der Waals surface area contributed by atoms with Gasteiger partial charge in [-0.25, -0.2) is 4.79 Å². The molecule has 3 rings (SSSR count). The Labute approximate surface area is 172 Å². The molecule has 29 heavy (non-hydrogen) atoms. The molecule has 2 aliphatic rings. The van der Waals surface area contributed by atoms with Gasteiger partial charge in [0.2, 0.25) is 5.91 Å². The summed E-state index contributed by atoms with van der Waals surface area (Å²) in [6.07, 6.45) is 1.48. The van der Waals surface area contributed by atoms with E-state index in [1.807, 2.05) is 19.9 Å². The number of rotatable bonds is 5. The number of hydrogen-bond donors (Lipinski definition) is 1. The number of methoxy groups -OCH3 is 1. The fraction of sp³-hybridized carbons (Fsp3) is 0.591. The monoisotopic (exact) mass is 401 g/mol. The van der Waals surface area contributed by atoms with E-state index < -0.39 is 11.6 Å². The van der Waals surface area contributed by atoms with Gasteiger partial charge in [0.15, 0.2) is 0 Å². The molecule has 158 valence electrons. The van der Waals surface area contributed by atoms with Crippen LogP contribution in [0.2, 0.25) is 0 Å². The summed E-state index contributed by atoms with van der Waals surface area (Å²) in [5.74, 6) is 1.01. The molecule has 2 heterocycles. The van der Waals surface area contributed by atoms with Gasteiger partial charge in [0, 0.05) is 13.1 Å². The zero-order chi connectivity index (χ0) is 21.3. The number of piperidine rings is 1. The highest BCUT2D eigenvalue weighted by Crippen LogP contribution is 2.35. The molecule has 7 nitrogen and oxygen atoms in total. The van der Waals surface area contributed by atoms with Gasteiger partial charge in [-0.05, 0) is 54.9 Å². The van der Waals surface area contributed by atoms with Crippen molar-refractivity contribution >= 4 is 17.8 Å². The third kappa shape index (κ3) is 3.82. The van der Waals surface area contributed by atoms with Gasteiger partial charge in [0.1, 0.15) is 17.8 Å². The predicted molar refractivity (Wildman–Crippen MR) is 109 cm³/mol. The van der Waals surface area contributed by atoms with Gasteiger partial charge < -0.3 is 15.0 Å². The Morgan fingerprint density at radius 3 is 2.45 bits per heavy atom. The zero-order valence-electron chi connectivity index (χ0n) is 17.9. The number of likely N-dealkylation sites (tertiary alicyclic amines) is 1.